The van der Waals surface area contributed by atoms with Crippen LogP contribution in [0.3, 0.4) is 0 Å². The number of hydrogen-bond donors (Lipinski definition) is 0. The van der Waals surface area contributed by atoms with Crippen LogP contribution in [-0.2, 0) is 10.2 Å². The molecule has 0 fully saturated rings. The molecular formula is C16H17BrO. The third kappa shape index (κ3) is 1.89. The van der Waals surface area contributed by atoms with Crippen molar-refractivity contribution in [1.29, 1.82) is 0 Å². The van der Waals surface area contributed by atoms with Crippen molar-refractivity contribution in [3.05, 3.63) is 60.2 Å². The van der Waals surface area contributed by atoms with Gasteiger partial charge in [0, 0.05) is 6.42 Å². The molecule has 0 amide bonds. The summed E-state index contributed by atoms with van der Waals surface area (Å²) < 4.78 is -0.386. The number of ketones is 1. The van der Waals surface area contributed by atoms with E-state index in [1.54, 1.807) is 0 Å². The standard InChI is InChI=1S/C16H17BrO/c1-3-14(18)16(13-9-5-4-6-10-13)12-8-7-11-15(16,2)17/h4-12H,3H2,1-2H3. The van der Waals surface area contributed by atoms with E-state index in [9.17, 15) is 4.79 Å². The number of Topliss-reactive ketones (excluding diaryl/α,β-unsaturated/α-hetero) is 1. The Morgan fingerprint density at radius 2 is 1.78 bits per heavy atom. The molecule has 0 spiro atoms. The average molecular weight is 305 g/mol. The van der Waals surface area contributed by atoms with Crippen LogP contribution in [0.1, 0.15) is 25.8 Å². The fourth-order valence-electron chi connectivity index (χ4n) is 2.62. The molecule has 2 heteroatoms. The Morgan fingerprint density at radius 3 is 2.33 bits per heavy atom. The van der Waals surface area contributed by atoms with Gasteiger partial charge in [-0.1, -0.05) is 77.5 Å². The van der Waals surface area contributed by atoms with Crippen molar-refractivity contribution in [1.82, 2.24) is 0 Å². The molecule has 0 aliphatic heterocycles. The van der Waals surface area contributed by atoms with E-state index in [1.807, 2.05) is 68.5 Å². The Labute approximate surface area is 117 Å². The maximum atomic E-state index is 12.6. The normalized spacial score (nSPS) is 30.4. The van der Waals surface area contributed by atoms with E-state index >= 15 is 0 Å². The molecule has 94 valence electrons. The molecule has 2 rings (SSSR count). The Balaban J connectivity index is 2.66. The molecule has 1 aromatic rings. The summed E-state index contributed by atoms with van der Waals surface area (Å²) >= 11 is 3.74. The van der Waals surface area contributed by atoms with Crippen molar-refractivity contribution >= 4 is 21.7 Å². The average Bonchev–Trinajstić information content (AvgIpc) is 2.38. The number of hydrogen-bond acceptors (Lipinski definition) is 1. The van der Waals surface area contributed by atoms with E-state index in [-0.39, 0.29) is 10.1 Å². The number of carbonyl (C=O) groups is 1. The van der Waals surface area contributed by atoms with Gasteiger partial charge in [-0.3, -0.25) is 4.79 Å². The Kier molecular flexibility index (Phi) is 3.58. The van der Waals surface area contributed by atoms with E-state index < -0.39 is 5.41 Å². The van der Waals surface area contributed by atoms with Gasteiger partial charge in [0.25, 0.3) is 0 Å². The van der Waals surface area contributed by atoms with Crippen molar-refractivity contribution in [2.24, 2.45) is 0 Å². The highest BCUT2D eigenvalue weighted by molar-refractivity contribution is 9.10. The second-order valence-electron chi connectivity index (χ2n) is 4.74. The molecule has 0 saturated carbocycles. The summed E-state index contributed by atoms with van der Waals surface area (Å²) in [6, 6.07) is 9.99. The molecule has 2 atom stereocenters. The summed E-state index contributed by atoms with van der Waals surface area (Å²) in [4.78, 5) is 12.6. The number of benzene rings is 1. The highest BCUT2D eigenvalue weighted by Gasteiger charge is 2.50. The van der Waals surface area contributed by atoms with Crippen molar-refractivity contribution in [2.75, 3.05) is 0 Å². The summed E-state index contributed by atoms with van der Waals surface area (Å²) in [7, 11) is 0. The quantitative estimate of drug-likeness (QED) is 0.766. The van der Waals surface area contributed by atoms with Crippen LogP contribution >= 0.6 is 15.9 Å². The predicted molar refractivity (Wildman–Crippen MR) is 79.0 cm³/mol. The number of allylic oxidation sites excluding steroid dienone is 4. The van der Waals surface area contributed by atoms with Gasteiger partial charge in [0.15, 0.2) is 0 Å². The third-order valence-electron chi connectivity index (χ3n) is 3.63. The van der Waals surface area contributed by atoms with Crippen molar-refractivity contribution in [2.45, 2.75) is 30.0 Å². The highest BCUT2D eigenvalue weighted by atomic mass is 79.9. The Bertz CT molecular complexity index is 499. The SMILES string of the molecule is CCC(=O)C1(c2ccccc2)C=CC=CC1(C)Br. The first kappa shape index (κ1) is 13.3. The minimum Gasteiger partial charge on any atom is -0.298 e. The minimum atomic E-state index is -0.613. The molecule has 1 nitrogen and oxygen atoms in total. The molecule has 0 saturated heterocycles. The summed E-state index contributed by atoms with van der Waals surface area (Å²) in [5.41, 5.74) is 0.425. The van der Waals surface area contributed by atoms with Crippen LogP contribution in [0.15, 0.2) is 54.6 Å². The molecule has 18 heavy (non-hydrogen) atoms. The van der Waals surface area contributed by atoms with E-state index in [1.165, 1.54) is 0 Å². The largest absolute Gasteiger partial charge is 0.298 e. The smallest absolute Gasteiger partial charge is 0.148 e. The van der Waals surface area contributed by atoms with Gasteiger partial charge in [0.05, 0.1) is 9.74 Å². The lowest BCUT2D eigenvalue weighted by Gasteiger charge is -2.42. The highest BCUT2D eigenvalue weighted by Crippen LogP contribution is 2.47. The van der Waals surface area contributed by atoms with Gasteiger partial charge in [0.2, 0.25) is 0 Å². The molecule has 1 aliphatic carbocycles. The summed E-state index contributed by atoms with van der Waals surface area (Å²) in [6.45, 7) is 3.97. The predicted octanol–water partition coefficient (Wildman–Crippen LogP) is 4.18. The van der Waals surface area contributed by atoms with Crippen LogP contribution in [0.2, 0.25) is 0 Å². The van der Waals surface area contributed by atoms with Gasteiger partial charge in [0.1, 0.15) is 5.78 Å². The van der Waals surface area contributed by atoms with Gasteiger partial charge in [-0.05, 0) is 12.5 Å². The second-order valence-corrected chi connectivity index (χ2v) is 6.39. The lowest BCUT2D eigenvalue weighted by atomic mass is 9.65. The van der Waals surface area contributed by atoms with Crippen LogP contribution in [0, 0.1) is 0 Å². The lowest BCUT2D eigenvalue weighted by molar-refractivity contribution is -0.123. The number of alkyl halides is 1. The van der Waals surface area contributed by atoms with Crippen LogP contribution in [0.4, 0.5) is 0 Å². The van der Waals surface area contributed by atoms with Crippen molar-refractivity contribution < 1.29 is 4.79 Å². The van der Waals surface area contributed by atoms with Gasteiger partial charge >= 0.3 is 0 Å². The number of rotatable bonds is 3. The zero-order chi connectivity index (χ0) is 13.2. The minimum absolute atomic E-state index is 0.230. The molecule has 0 bridgehead atoms. The van der Waals surface area contributed by atoms with Crippen molar-refractivity contribution in [3.8, 4) is 0 Å². The maximum Gasteiger partial charge on any atom is 0.148 e. The molecule has 0 radical (unpaired) electrons. The van der Waals surface area contributed by atoms with Gasteiger partial charge in [-0.2, -0.15) is 0 Å². The fourth-order valence-corrected chi connectivity index (χ4v) is 3.35. The first-order valence-electron chi connectivity index (χ1n) is 6.19. The zero-order valence-electron chi connectivity index (χ0n) is 10.7. The van der Waals surface area contributed by atoms with E-state index in [4.69, 9.17) is 0 Å². The first-order chi connectivity index (χ1) is 8.54. The molecule has 0 aromatic heterocycles. The van der Waals surface area contributed by atoms with Gasteiger partial charge in [-0.25, -0.2) is 0 Å². The van der Waals surface area contributed by atoms with Gasteiger partial charge in [-0.15, -0.1) is 0 Å². The lowest BCUT2D eigenvalue weighted by Crippen LogP contribution is -2.49. The van der Waals surface area contributed by atoms with Crippen LogP contribution in [-0.4, -0.2) is 10.1 Å². The molecular weight excluding hydrogens is 288 g/mol. The fraction of sp³-hybridized carbons (Fsp3) is 0.312. The number of halogens is 1. The van der Waals surface area contributed by atoms with Crippen LogP contribution < -0.4 is 0 Å². The monoisotopic (exact) mass is 304 g/mol. The number of carbonyl (C=O) groups excluding carboxylic acids is 1. The molecule has 0 N–H and O–H groups in total. The second kappa shape index (κ2) is 4.85. The van der Waals surface area contributed by atoms with Crippen LogP contribution in [0.25, 0.3) is 0 Å². The van der Waals surface area contributed by atoms with Crippen LogP contribution in [0.5, 0.6) is 0 Å². The Morgan fingerprint density at radius 1 is 1.17 bits per heavy atom. The van der Waals surface area contributed by atoms with E-state index in [0.717, 1.165) is 5.56 Å². The van der Waals surface area contributed by atoms with E-state index in [0.29, 0.717) is 6.42 Å². The third-order valence-corrected chi connectivity index (χ3v) is 4.52. The molecule has 0 heterocycles. The zero-order valence-corrected chi connectivity index (χ0v) is 12.3. The van der Waals surface area contributed by atoms with Crippen molar-refractivity contribution in [3.63, 3.8) is 0 Å². The molecule has 1 aromatic carbocycles. The maximum absolute atomic E-state index is 12.6. The molecule has 2 unspecified atom stereocenters. The first-order valence-corrected chi connectivity index (χ1v) is 6.98. The summed E-state index contributed by atoms with van der Waals surface area (Å²) in [5, 5.41) is 0. The van der Waals surface area contributed by atoms with Gasteiger partial charge < -0.3 is 0 Å². The molecule has 1 aliphatic rings. The Hall–Kier alpha value is -1.15. The van der Waals surface area contributed by atoms with E-state index in [2.05, 4.69) is 15.9 Å². The summed E-state index contributed by atoms with van der Waals surface area (Å²) in [5.74, 6) is 0.230. The topological polar surface area (TPSA) is 17.1 Å². The summed E-state index contributed by atoms with van der Waals surface area (Å²) in [6.07, 6.45) is 8.53.